The molecule has 0 bridgehead atoms. The van der Waals surface area contributed by atoms with Crippen molar-refractivity contribution in [1.82, 2.24) is 4.90 Å². The van der Waals surface area contributed by atoms with E-state index in [1.165, 1.54) is 18.1 Å². The first kappa shape index (κ1) is 16.8. The lowest BCUT2D eigenvalue weighted by molar-refractivity contribution is 0.0697. The van der Waals surface area contributed by atoms with Gasteiger partial charge in [0.25, 0.3) is 5.91 Å². The maximum Gasteiger partial charge on any atom is 0.257 e. The van der Waals surface area contributed by atoms with Crippen LogP contribution in [-0.4, -0.2) is 53.8 Å². The van der Waals surface area contributed by atoms with Crippen LogP contribution in [0.3, 0.4) is 0 Å². The van der Waals surface area contributed by atoms with Crippen LogP contribution in [0, 0.1) is 6.92 Å². The Hall–Kier alpha value is -2.28. The summed E-state index contributed by atoms with van der Waals surface area (Å²) in [6.45, 7) is 2.80. The number of phenols is 1. The van der Waals surface area contributed by atoms with E-state index in [2.05, 4.69) is 5.16 Å². The number of oxime groups is 1. The number of aromatic hydroxyl groups is 1. The van der Waals surface area contributed by atoms with E-state index in [4.69, 9.17) is 15.7 Å². The van der Waals surface area contributed by atoms with Gasteiger partial charge in [0.1, 0.15) is 11.6 Å². The summed E-state index contributed by atoms with van der Waals surface area (Å²) >= 11 is 0. The molecule has 7 nitrogen and oxygen atoms in total. The molecule has 1 aromatic carbocycles. The molecule has 0 unspecified atom stereocenters. The molecule has 0 saturated heterocycles. The first-order chi connectivity index (χ1) is 9.99. The number of nitrogens with zero attached hydrogens (tertiary/aromatic N) is 2. The van der Waals surface area contributed by atoms with Crippen LogP contribution in [0.5, 0.6) is 5.75 Å². The third-order valence-corrected chi connectivity index (χ3v) is 3.00. The Labute approximate surface area is 123 Å². The number of nitrogens with two attached hydrogens (primary N) is 1. The second kappa shape index (κ2) is 8.11. The highest BCUT2D eigenvalue weighted by Crippen LogP contribution is 2.20. The van der Waals surface area contributed by atoms with E-state index in [-0.39, 0.29) is 36.0 Å². The summed E-state index contributed by atoms with van der Waals surface area (Å²) in [5.41, 5.74) is 6.50. The van der Waals surface area contributed by atoms with Crippen molar-refractivity contribution in [3.63, 3.8) is 0 Å². The molecule has 0 radical (unpaired) electrons. The number of benzene rings is 1. The highest BCUT2D eigenvalue weighted by Gasteiger charge is 2.19. The molecule has 0 saturated carbocycles. The Morgan fingerprint density at radius 3 is 2.71 bits per heavy atom. The molecule has 4 N–H and O–H groups in total. The largest absolute Gasteiger partial charge is 0.507 e. The fourth-order valence-electron chi connectivity index (χ4n) is 1.81. The number of aryl methyl sites for hydroxylation is 1. The molecule has 1 amide bonds. The Bertz CT molecular complexity index is 517. The Morgan fingerprint density at radius 1 is 1.43 bits per heavy atom. The summed E-state index contributed by atoms with van der Waals surface area (Å²) in [7, 11) is 1.54. The predicted octanol–water partition coefficient (Wildman–Crippen LogP) is 0.926. The van der Waals surface area contributed by atoms with Crippen molar-refractivity contribution in [2.45, 2.75) is 13.3 Å². The van der Waals surface area contributed by atoms with E-state index in [0.29, 0.717) is 13.2 Å². The van der Waals surface area contributed by atoms with Gasteiger partial charge >= 0.3 is 0 Å². The number of phenolic OH excluding ortho intramolecular Hbond substituents is 1. The van der Waals surface area contributed by atoms with Crippen molar-refractivity contribution in [1.29, 1.82) is 0 Å². The topological polar surface area (TPSA) is 108 Å². The Kier molecular flexibility index (Phi) is 6.48. The molecule has 0 aliphatic carbocycles. The first-order valence-corrected chi connectivity index (χ1v) is 6.53. The number of hydrogen-bond acceptors (Lipinski definition) is 5. The van der Waals surface area contributed by atoms with E-state index in [0.717, 1.165) is 5.56 Å². The number of hydrogen-bond donors (Lipinski definition) is 3. The fraction of sp³-hybridized carbons (Fsp3) is 0.429. The van der Waals surface area contributed by atoms with Crippen LogP contribution in [0.25, 0.3) is 0 Å². The van der Waals surface area contributed by atoms with E-state index >= 15 is 0 Å². The van der Waals surface area contributed by atoms with Crippen LogP contribution in [-0.2, 0) is 4.74 Å². The van der Waals surface area contributed by atoms with Gasteiger partial charge in [-0.3, -0.25) is 4.79 Å². The molecule has 1 aromatic rings. The molecule has 1 rings (SSSR count). The highest BCUT2D eigenvalue weighted by molar-refractivity contribution is 5.97. The standard InChI is InChI=1S/C14H21N3O4/c1-10-3-4-11(12(18)9-10)14(19)17(7-8-21-2)6-5-13(15)16-20/h3-4,9,18,20H,5-8H2,1-2H3,(H2,15,16). The first-order valence-electron chi connectivity index (χ1n) is 6.53. The molecule has 0 fully saturated rings. The van der Waals surface area contributed by atoms with Crippen LogP contribution in [0.2, 0.25) is 0 Å². The molecular weight excluding hydrogens is 274 g/mol. The zero-order valence-corrected chi connectivity index (χ0v) is 12.2. The van der Waals surface area contributed by atoms with Crippen LogP contribution < -0.4 is 5.73 Å². The number of amides is 1. The number of carbonyl (C=O) groups excluding carboxylic acids is 1. The minimum Gasteiger partial charge on any atom is -0.507 e. The number of ether oxygens (including phenoxy) is 1. The summed E-state index contributed by atoms with van der Waals surface area (Å²) in [6.07, 6.45) is 0.235. The minimum atomic E-state index is -0.324. The summed E-state index contributed by atoms with van der Waals surface area (Å²) in [6, 6.07) is 4.87. The second-order valence-corrected chi connectivity index (χ2v) is 4.65. The van der Waals surface area contributed by atoms with Gasteiger partial charge in [0.15, 0.2) is 0 Å². The average molecular weight is 295 g/mol. The maximum absolute atomic E-state index is 12.5. The van der Waals surface area contributed by atoms with Crippen LogP contribution in [0.15, 0.2) is 23.4 Å². The molecule has 7 heteroatoms. The van der Waals surface area contributed by atoms with Gasteiger partial charge in [-0.15, -0.1) is 0 Å². The van der Waals surface area contributed by atoms with Gasteiger partial charge in [-0.1, -0.05) is 11.2 Å². The SMILES string of the molecule is COCCN(CCC(N)=NO)C(=O)c1ccc(C)cc1O. The molecule has 0 heterocycles. The Balaban J connectivity index is 2.87. The Morgan fingerprint density at radius 2 is 2.14 bits per heavy atom. The lowest BCUT2D eigenvalue weighted by Crippen LogP contribution is -2.36. The number of methoxy groups -OCH3 is 1. The van der Waals surface area contributed by atoms with Gasteiger partial charge < -0.3 is 25.7 Å². The smallest absolute Gasteiger partial charge is 0.257 e. The van der Waals surface area contributed by atoms with Crippen molar-refractivity contribution >= 4 is 11.7 Å². The van der Waals surface area contributed by atoms with Gasteiger partial charge in [0.05, 0.1) is 12.2 Å². The minimum absolute atomic E-state index is 0.0401. The van der Waals surface area contributed by atoms with Crippen LogP contribution >= 0.6 is 0 Å². The van der Waals surface area contributed by atoms with Gasteiger partial charge in [-0.2, -0.15) is 0 Å². The van der Waals surface area contributed by atoms with Crippen molar-refractivity contribution in [3.05, 3.63) is 29.3 Å². The van der Waals surface area contributed by atoms with Gasteiger partial charge in [-0.25, -0.2) is 0 Å². The second-order valence-electron chi connectivity index (χ2n) is 4.65. The molecule has 0 aromatic heterocycles. The molecular formula is C14H21N3O4. The van der Waals surface area contributed by atoms with Crippen molar-refractivity contribution in [2.24, 2.45) is 10.9 Å². The maximum atomic E-state index is 12.5. The summed E-state index contributed by atoms with van der Waals surface area (Å²) in [5.74, 6) is -0.347. The zero-order chi connectivity index (χ0) is 15.8. The van der Waals surface area contributed by atoms with E-state index in [1.807, 2.05) is 6.92 Å². The third-order valence-electron chi connectivity index (χ3n) is 3.00. The van der Waals surface area contributed by atoms with Gasteiger partial charge in [-0.05, 0) is 24.6 Å². The van der Waals surface area contributed by atoms with Crippen molar-refractivity contribution in [3.8, 4) is 5.75 Å². The monoisotopic (exact) mass is 295 g/mol. The normalized spacial score (nSPS) is 11.4. The van der Waals surface area contributed by atoms with Gasteiger partial charge in [0.2, 0.25) is 0 Å². The molecule has 21 heavy (non-hydrogen) atoms. The van der Waals surface area contributed by atoms with Gasteiger partial charge in [0, 0.05) is 26.6 Å². The van der Waals surface area contributed by atoms with E-state index in [9.17, 15) is 9.90 Å². The molecule has 0 aliphatic rings. The summed E-state index contributed by atoms with van der Waals surface area (Å²) in [4.78, 5) is 13.9. The summed E-state index contributed by atoms with van der Waals surface area (Å²) < 4.78 is 4.97. The average Bonchev–Trinajstić information content (AvgIpc) is 2.46. The third kappa shape index (κ3) is 4.96. The molecule has 0 spiro atoms. The quantitative estimate of drug-likeness (QED) is 0.300. The van der Waals surface area contributed by atoms with E-state index in [1.54, 1.807) is 12.1 Å². The van der Waals surface area contributed by atoms with E-state index < -0.39 is 0 Å². The van der Waals surface area contributed by atoms with Crippen LogP contribution in [0.1, 0.15) is 22.3 Å². The number of rotatable bonds is 7. The molecule has 0 atom stereocenters. The molecule has 116 valence electrons. The number of amidine groups is 1. The van der Waals surface area contributed by atoms with Crippen molar-refractivity contribution in [2.75, 3.05) is 26.8 Å². The predicted molar refractivity (Wildman–Crippen MR) is 78.6 cm³/mol. The lowest BCUT2D eigenvalue weighted by Gasteiger charge is -2.22. The summed E-state index contributed by atoms with van der Waals surface area (Å²) in [5, 5.41) is 21.3. The van der Waals surface area contributed by atoms with Crippen LogP contribution in [0.4, 0.5) is 0 Å². The van der Waals surface area contributed by atoms with Crippen molar-refractivity contribution < 1.29 is 19.8 Å². The number of carbonyl (C=O) groups is 1. The fourth-order valence-corrected chi connectivity index (χ4v) is 1.81. The zero-order valence-electron chi connectivity index (χ0n) is 12.2. The molecule has 0 aliphatic heterocycles. The highest BCUT2D eigenvalue weighted by atomic mass is 16.5. The lowest BCUT2D eigenvalue weighted by atomic mass is 10.1.